The third kappa shape index (κ3) is 7.54. The second-order valence-electron chi connectivity index (χ2n) is 10.5. The highest BCUT2D eigenvalue weighted by Crippen LogP contribution is 2.31. The van der Waals surface area contributed by atoms with Crippen molar-refractivity contribution in [3.63, 3.8) is 0 Å². The predicted molar refractivity (Wildman–Crippen MR) is 165 cm³/mol. The summed E-state index contributed by atoms with van der Waals surface area (Å²) in [6.45, 7) is 3.85. The Kier molecular flexibility index (Phi) is 10.0. The lowest BCUT2D eigenvalue weighted by molar-refractivity contribution is 0.0718. The number of carbonyl (C=O) groups is 1. The minimum atomic E-state index is 0.0591. The fourth-order valence-corrected chi connectivity index (χ4v) is 6.39. The molecule has 0 atom stereocenters. The van der Waals surface area contributed by atoms with Crippen molar-refractivity contribution < 1.29 is 14.3 Å². The van der Waals surface area contributed by atoms with Crippen molar-refractivity contribution in [2.24, 2.45) is 0 Å². The highest BCUT2D eigenvalue weighted by molar-refractivity contribution is 7.09. The number of aromatic nitrogens is 1. The highest BCUT2D eigenvalue weighted by atomic mass is 32.1. The molecule has 7 heteroatoms. The van der Waals surface area contributed by atoms with Gasteiger partial charge in [0.15, 0.2) is 0 Å². The van der Waals surface area contributed by atoms with E-state index in [0.717, 1.165) is 61.0 Å². The average Bonchev–Trinajstić information content (AvgIpc) is 3.50. The van der Waals surface area contributed by atoms with Crippen molar-refractivity contribution in [2.75, 3.05) is 33.9 Å². The van der Waals surface area contributed by atoms with Crippen LogP contribution in [0.3, 0.4) is 0 Å². The van der Waals surface area contributed by atoms with E-state index in [4.69, 9.17) is 14.5 Å². The lowest BCUT2D eigenvalue weighted by Gasteiger charge is -2.26. The Hall–Kier alpha value is -3.68. The Morgan fingerprint density at radius 3 is 2.22 bits per heavy atom. The number of rotatable bonds is 12. The van der Waals surface area contributed by atoms with Gasteiger partial charge >= 0.3 is 0 Å². The summed E-state index contributed by atoms with van der Waals surface area (Å²) in [5.74, 6) is 1.90. The van der Waals surface area contributed by atoms with Crippen LogP contribution in [0.5, 0.6) is 11.5 Å². The van der Waals surface area contributed by atoms with E-state index in [-0.39, 0.29) is 11.8 Å². The van der Waals surface area contributed by atoms with E-state index in [1.165, 1.54) is 17.5 Å². The summed E-state index contributed by atoms with van der Waals surface area (Å²) in [5.41, 5.74) is 4.28. The van der Waals surface area contributed by atoms with Gasteiger partial charge in [-0.2, -0.15) is 0 Å². The van der Waals surface area contributed by atoms with Gasteiger partial charge in [-0.05, 0) is 49.4 Å². The number of carbonyl (C=O) groups excluding carboxylic acids is 1. The maximum Gasteiger partial charge on any atom is 0.273 e. The third-order valence-corrected chi connectivity index (χ3v) is 8.63. The quantitative estimate of drug-likeness (QED) is 0.184. The van der Waals surface area contributed by atoms with E-state index in [1.807, 2.05) is 22.4 Å². The Bertz CT molecular complexity index is 1350. The van der Waals surface area contributed by atoms with Gasteiger partial charge in [0.05, 0.1) is 20.8 Å². The molecule has 0 spiro atoms. The summed E-state index contributed by atoms with van der Waals surface area (Å²) >= 11 is 1.57. The van der Waals surface area contributed by atoms with Gasteiger partial charge < -0.3 is 14.4 Å². The van der Waals surface area contributed by atoms with Crippen molar-refractivity contribution in [1.29, 1.82) is 0 Å². The largest absolute Gasteiger partial charge is 0.497 e. The molecule has 1 saturated heterocycles. The molecule has 5 rings (SSSR count). The topological polar surface area (TPSA) is 54.9 Å². The molecule has 0 N–H and O–H groups in total. The number of likely N-dealkylation sites (tertiary alicyclic amines) is 1. The zero-order valence-corrected chi connectivity index (χ0v) is 24.8. The molecular weight excluding hydrogens is 530 g/mol. The monoisotopic (exact) mass is 569 g/mol. The zero-order chi connectivity index (χ0) is 28.4. The summed E-state index contributed by atoms with van der Waals surface area (Å²) in [6.07, 6.45) is 4.29. The smallest absolute Gasteiger partial charge is 0.273 e. The van der Waals surface area contributed by atoms with E-state index >= 15 is 0 Å². The molecule has 0 radical (unpaired) electrons. The number of thiazole rings is 1. The summed E-state index contributed by atoms with van der Waals surface area (Å²) in [7, 11) is 3.36. The molecule has 6 nitrogen and oxygen atoms in total. The molecule has 0 saturated carbocycles. The highest BCUT2D eigenvalue weighted by Gasteiger charge is 2.22. The number of ether oxygens (including phenoxy) is 2. The molecule has 1 aromatic heterocycles. The van der Waals surface area contributed by atoms with Crippen LogP contribution in [0.1, 0.15) is 63.8 Å². The van der Waals surface area contributed by atoms with E-state index in [0.29, 0.717) is 18.8 Å². The lowest BCUT2D eigenvalue weighted by Crippen LogP contribution is -2.35. The maximum atomic E-state index is 13.1. The van der Waals surface area contributed by atoms with Gasteiger partial charge in [0.1, 0.15) is 22.2 Å². The molecule has 1 aliphatic heterocycles. The van der Waals surface area contributed by atoms with Gasteiger partial charge in [-0.3, -0.25) is 9.69 Å². The molecule has 3 aromatic carbocycles. The minimum Gasteiger partial charge on any atom is -0.497 e. The number of hydrogen-bond donors (Lipinski definition) is 0. The van der Waals surface area contributed by atoms with E-state index in [2.05, 4.69) is 71.6 Å². The first-order valence-corrected chi connectivity index (χ1v) is 15.3. The summed E-state index contributed by atoms with van der Waals surface area (Å²) in [4.78, 5) is 22.3. The molecule has 214 valence electrons. The van der Waals surface area contributed by atoms with Crippen LogP contribution in [-0.4, -0.2) is 54.5 Å². The van der Waals surface area contributed by atoms with Gasteiger partial charge in [-0.25, -0.2) is 4.98 Å². The molecule has 4 aromatic rings. The van der Waals surface area contributed by atoms with E-state index in [9.17, 15) is 4.79 Å². The first-order chi connectivity index (χ1) is 20.1. The molecule has 1 fully saturated rings. The molecule has 0 aliphatic carbocycles. The first kappa shape index (κ1) is 28.8. The first-order valence-electron chi connectivity index (χ1n) is 14.4. The van der Waals surface area contributed by atoms with Crippen LogP contribution in [0.15, 0.2) is 84.2 Å². The van der Waals surface area contributed by atoms with Gasteiger partial charge in [0, 0.05) is 42.6 Å². The molecule has 0 unspecified atom stereocenters. The third-order valence-electron chi connectivity index (χ3n) is 7.80. The van der Waals surface area contributed by atoms with Gasteiger partial charge in [-0.15, -0.1) is 11.3 Å². The molecule has 1 aliphatic rings. The van der Waals surface area contributed by atoms with Crippen molar-refractivity contribution in [3.8, 4) is 11.5 Å². The van der Waals surface area contributed by atoms with Gasteiger partial charge in [0.2, 0.25) is 0 Å². The summed E-state index contributed by atoms with van der Waals surface area (Å²) in [6, 6.07) is 27.4. The normalized spacial score (nSPS) is 13.5. The molecule has 0 bridgehead atoms. The predicted octanol–water partition coefficient (Wildman–Crippen LogP) is 7.01. The van der Waals surface area contributed by atoms with Crippen LogP contribution in [0.4, 0.5) is 0 Å². The Balaban J connectivity index is 1.38. The number of piperidine rings is 1. The second-order valence-corrected chi connectivity index (χ2v) is 11.5. The maximum absolute atomic E-state index is 13.1. The standard InChI is InChI=1S/C34H39N3O3S/c1-39-29-17-16-28(32(22-29)40-2)23-36(24-33-35-31(25-41-33)34(38)37-19-10-5-11-20-37)21-18-30(26-12-6-3-7-13-26)27-14-8-4-9-15-27/h3-4,6-9,12-17,22,25,30H,5,10-11,18-21,23-24H2,1-2H3. The van der Waals surface area contributed by atoms with Gasteiger partial charge in [-0.1, -0.05) is 66.7 Å². The van der Waals surface area contributed by atoms with Gasteiger partial charge in [0.25, 0.3) is 5.91 Å². The minimum absolute atomic E-state index is 0.0591. The Morgan fingerprint density at radius 2 is 1.59 bits per heavy atom. The van der Waals surface area contributed by atoms with Crippen LogP contribution in [0.25, 0.3) is 0 Å². The second kappa shape index (κ2) is 14.3. The fourth-order valence-electron chi connectivity index (χ4n) is 5.58. The Labute approximate surface area is 247 Å². The van der Waals surface area contributed by atoms with Crippen molar-refractivity contribution >= 4 is 17.2 Å². The van der Waals surface area contributed by atoms with E-state index in [1.54, 1.807) is 25.6 Å². The number of methoxy groups -OCH3 is 2. The zero-order valence-electron chi connectivity index (χ0n) is 24.0. The molecule has 1 amide bonds. The van der Waals surface area contributed by atoms with Crippen LogP contribution in [-0.2, 0) is 13.1 Å². The van der Waals surface area contributed by atoms with Crippen molar-refractivity contribution in [2.45, 2.75) is 44.7 Å². The van der Waals surface area contributed by atoms with Crippen LogP contribution in [0, 0.1) is 0 Å². The lowest BCUT2D eigenvalue weighted by atomic mass is 9.88. The number of nitrogens with zero attached hydrogens (tertiary/aromatic N) is 3. The summed E-state index contributed by atoms with van der Waals surface area (Å²) < 4.78 is 11.2. The number of hydrogen-bond acceptors (Lipinski definition) is 6. The fraction of sp³-hybridized carbons (Fsp3) is 0.353. The molecule has 2 heterocycles. The van der Waals surface area contributed by atoms with Crippen molar-refractivity contribution in [1.82, 2.24) is 14.8 Å². The van der Waals surface area contributed by atoms with E-state index < -0.39 is 0 Å². The average molecular weight is 570 g/mol. The van der Waals surface area contributed by atoms with Crippen LogP contribution in [0.2, 0.25) is 0 Å². The van der Waals surface area contributed by atoms with Crippen LogP contribution >= 0.6 is 11.3 Å². The molecule has 41 heavy (non-hydrogen) atoms. The van der Waals surface area contributed by atoms with Crippen LogP contribution < -0.4 is 9.47 Å². The molecular formula is C34H39N3O3S. The van der Waals surface area contributed by atoms with Crippen molar-refractivity contribution in [3.05, 3.63) is 112 Å². The SMILES string of the molecule is COc1ccc(CN(CCC(c2ccccc2)c2ccccc2)Cc2nc(C(=O)N3CCCCC3)cs2)c(OC)c1. The number of benzene rings is 3. The number of amides is 1. The summed E-state index contributed by atoms with van der Waals surface area (Å²) in [5, 5.41) is 2.88. The Morgan fingerprint density at radius 1 is 0.902 bits per heavy atom.